The van der Waals surface area contributed by atoms with Gasteiger partial charge in [0.2, 0.25) is 0 Å². The average Bonchev–Trinajstić information content (AvgIpc) is 2.74. The van der Waals surface area contributed by atoms with Gasteiger partial charge < -0.3 is 0 Å². The van der Waals surface area contributed by atoms with Gasteiger partial charge in [-0.2, -0.15) is 0 Å². The molecule has 4 aromatic rings. The molecular weight excluding hydrogens is 324 g/mol. The lowest BCUT2D eigenvalue weighted by Gasteiger charge is -2.42. The molecule has 0 saturated carbocycles. The third kappa shape index (κ3) is 2.30. The molecule has 5 rings (SSSR count). The van der Waals surface area contributed by atoms with Crippen LogP contribution in [0.4, 0.5) is 0 Å². The number of fused-ring (bicyclic) bond motifs is 2. The normalized spacial score (nSPS) is 14.3. The molecule has 0 heteroatoms. The van der Waals surface area contributed by atoms with E-state index in [1.807, 2.05) is 0 Å². The fourth-order valence-electron chi connectivity index (χ4n) is 4.83. The van der Waals surface area contributed by atoms with Gasteiger partial charge in [0.1, 0.15) is 0 Å². The lowest BCUT2D eigenvalue weighted by atomic mass is 9.59. The van der Waals surface area contributed by atoms with Crippen LogP contribution in [0.1, 0.15) is 38.9 Å². The molecule has 1 aliphatic carbocycles. The van der Waals surface area contributed by atoms with Crippen LogP contribution in [-0.2, 0) is 11.8 Å². The first kappa shape index (κ1) is 16.1. The van der Waals surface area contributed by atoms with Crippen molar-refractivity contribution in [1.29, 1.82) is 0 Å². The van der Waals surface area contributed by atoms with E-state index in [9.17, 15) is 0 Å². The van der Waals surface area contributed by atoms with Gasteiger partial charge in [0.15, 0.2) is 0 Å². The fraction of sp³-hybridized carbons (Fsp3) is 0.111. The zero-order valence-corrected chi connectivity index (χ0v) is 15.5. The third-order valence-electron chi connectivity index (χ3n) is 6.02. The summed E-state index contributed by atoms with van der Waals surface area (Å²) in [5, 5.41) is 0. The Labute approximate surface area is 161 Å². The van der Waals surface area contributed by atoms with E-state index in [0.717, 1.165) is 6.42 Å². The van der Waals surface area contributed by atoms with E-state index < -0.39 is 0 Å². The lowest BCUT2D eigenvalue weighted by Crippen LogP contribution is -2.36. The van der Waals surface area contributed by atoms with Gasteiger partial charge in [0, 0.05) is 0 Å². The Balaban J connectivity index is 1.99. The molecule has 0 heterocycles. The number of benzene rings is 4. The number of aryl methyl sites for hydroxylation is 1. The van der Waals surface area contributed by atoms with Crippen LogP contribution in [0.5, 0.6) is 0 Å². The summed E-state index contributed by atoms with van der Waals surface area (Å²) in [6.45, 7) is 2.24. The highest BCUT2D eigenvalue weighted by molar-refractivity contribution is 5.67. The largest absolute Gasteiger partial charge is 0.0707 e. The highest BCUT2D eigenvalue weighted by atomic mass is 14.4. The average molecular weight is 346 g/mol. The highest BCUT2D eigenvalue weighted by Gasteiger charge is 2.43. The van der Waals surface area contributed by atoms with Crippen LogP contribution in [0.15, 0.2) is 103 Å². The second-order valence-electron chi connectivity index (χ2n) is 7.42. The summed E-state index contributed by atoms with van der Waals surface area (Å²) >= 11 is 0. The summed E-state index contributed by atoms with van der Waals surface area (Å²) in [4.78, 5) is 0. The Kier molecular flexibility index (Phi) is 3.72. The van der Waals surface area contributed by atoms with Gasteiger partial charge in [-0.25, -0.2) is 0 Å². The molecule has 0 saturated heterocycles. The van der Waals surface area contributed by atoms with E-state index in [-0.39, 0.29) is 5.41 Å². The molecule has 0 amide bonds. The fourth-order valence-corrected chi connectivity index (χ4v) is 4.83. The molecule has 0 aliphatic heterocycles. The maximum atomic E-state index is 2.33. The standard InChI is InChI=1S/C27H22/c1-20-11-10-18-26-24(20)19-21-12-8-9-17-25(21)27(26,22-13-4-2-5-14-22)23-15-6-3-7-16-23/h2-18H,19H2,1H3. The summed E-state index contributed by atoms with van der Waals surface area (Å²) in [7, 11) is 0. The molecule has 0 bridgehead atoms. The van der Waals surface area contributed by atoms with Crippen LogP contribution in [0.25, 0.3) is 0 Å². The smallest absolute Gasteiger partial charge is 0.0622 e. The van der Waals surface area contributed by atoms with Gasteiger partial charge in [-0.05, 0) is 52.3 Å². The summed E-state index contributed by atoms with van der Waals surface area (Å²) in [6, 6.07) is 37.7. The zero-order chi connectivity index (χ0) is 18.3. The van der Waals surface area contributed by atoms with Crippen LogP contribution in [0, 0.1) is 6.92 Å². The summed E-state index contributed by atoms with van der Waals surface area (Å²) < 4.78 is 0. The molecule has 0 aromatic heterocycles. The monoisotopic (exact) mass is 346 g/mol. The SMILES string of the molecule is Cc1cccc2c1Cc1ccccc1C2(c1ccccc1)c1ccccc1. The van der Waals surface area contributed by atoms with E-state index in [2.05, 4.69) is 110 Å². The predicted molar refractivity (Wildman–Crippen MR) is 112 cm³/mol. The number of hydrogen-bond acceptors (Lipinski definition) is 0. The Morgan fingerprint density at radius 2 is 1.11 bits per heavy atom. The molecular formula is C27H22. The van der Waals surface area contributed by atoms with Crippen molar-refractivity contribution >= 4 is 0 Å². The van der Waals surface area contributed by atoms with Crippen LogP contribution >= 0.6 is 0 Å². The van der Waals surface area contributed by atoms with Crippen LogP contribution in [0.2, 0.25) is 0 Å². The minimum absolute atomic E-state index is 0.279. The van der Waals surface area contributed by atoms with Crippen molar-refractivity contribution in [3.05, 3.63) is 142 Å². The Morgan fingerprint density at radius 1 is 0.556 bits per heavy atom. The molecule has 0 spiro atoms. The first-order valence-corrected chi connectivity index (χ1v) is 9.60. The summed E-state index contributed by atoms with van der Waals surface area (Å²) in [6.07, 6.45) is 1.000. The van der Waals surface area contributed by atoms with Gasteiger partial charge in [-0.15, -0.1) is 0 Å². The van der Waals surface area contributed by atoms with Crippen LogP contribution in [0.3, 0.4) is 0 Å². The van der Waals surface area contributed by atoms with E-state index in [0.29, 0.717) is 0 Å². The maximum Gasteiger partial charge on any atom is 0.0707 e. The molecule has 27 heavy (non-hydrogen) atoms. The third-order valence-corrected chi connectivity index (χ3v) is 6.02. The van der Waals surface area contributed by atoms with Gasteiger partial charge in [0.05, 0.1) is 5.41 Å². The molecule has 4 aromatic carbocycles. The van der Waals surface area contributed by atoms with Crippen LogP contribution in [-0.4, -0.2) is 0 Å². The minimum atomic E-state index is -0.279. The second-order valence-corrected chi connectivity index (χ2v) is 7.42. The highest BCUT2D eigenvalue weighted by Crippen LogP contribution is 2.51. The topological polar surface area (TPSA) is 0 Å². The Hall–Kier alpha value is -3.12. The van der Waals surface area contributed by atoms with Crippen molar-refractivity contribution in [3.8, 4) is 0 Å². The first-order chi connectivity index (χ1) is 13.3. The predicted octanol–water partition coefficient (Wildman–Crippen LogP) is 6.28. The molecule has 1 aliphatic rings. The summed E-state index contributed by atoms with van der Waals surface area (Å²) in [5.74, 6) is 0. The van der Waals surface area contributed by atoms with E-state index in [4.69, 9.17) is 0 Å². The van der Waals surface area contributed by atoms with Crippen molar-refractivity contribution in [2.75, 3.05) is 0 Å². The molecule has 130 valence electrons. The molecule has 0 fully saturated rings. The molecule has 0 atom stereocenters. The molecule has 0 nitrogen and oxygen atoms in total. The van der Waals surface area contributed by atoms with E-state index >= 15 is 0 Å². The quantitative estimate of drug-likeness (QED) is 0.353. The van der Waals surface area contributed by atoms with Crippen molar-refractivity contribution in [2.24, 2.45) is 0 Å². The van der Waals surface area contributed by atoms with Gasteiger partial charge in [-0.3, -0.25) is 0 Å². The van der Waals surface area contributed by atoms with Crippen molar-refractivity contribution in [2.45, 2.75) is 18.8 Å². The van der Waals surface area contributed by atoms with Crippen molar-refractivity contribution in [3.63, 3.8) is 0 Å². The van der Waals surface area contributed by atoms with Gasteiger partial charge in [-0.1, -0.05) is 103 Å². The number of rotatable bonds is 2. The minimum Gasteiger partial charge on any atom is -0.0622 e. The zero-order valence-electron chi connectivity index (χ0n) is 15.5. The van der Waals surface area contributed by atoms with E-state index in [1.54, 1.807) is 0 Å². The molecule has 0 radical (unpaired) electrons. The van der Waals surface area contributed by atoms with Gasteiger partial charge in [0.25, 0.3) is 0 Å². The summed E-state index contributed by atoms with van der Waals surface area (Å²) in [5.41, 5.74) is 9.46. The second kappa shape index (κ2) is 6.25. The Morgan fingerprint density at radius 3 is 1.78 bits per heavy atom. The number of hydrogen-bond donors (Lipinski definition) is 0. The maximum absolute atomic E-state index is 2.33. The van der Waals surface area contributed by atoms with Crippen molar-refractivity contribution < 1.29 is 0 Å². The Bertz CT molecular complexity index is 1050. The first-order valence-electron chi connectivity index (χ1n) is 9.60. The van der Waals surface area contributed by atoms with E-state index in [1.165, 1.54) is 38.9 Å². The molecule has 0 unspecified atom stereocenters. The van der Waals surface area contributed by atoms with Crippen LogP contribution < -0.4 is 0 Å². The molecule has 0 N–H and O–H groups in total. The lowest BCUT2D eigenvalue weighted by molar-refractivity contribution is 0.701. The van der Waals surface area contributed by atoms with Gasteiger partial charge >= 0.3 is 0 Å². The van der Waals surface area contributed by atoms with Crippen molar-refractivity contribution in [1.82, 2.24) is 0 Å².